The van der Waals surface area contributed by atoms with Gasteiger partial charge in [0.05, 0.1) is 63.2 Å². The Balaban J connectivity index is 1.56. The van der Waals surface area contributed by atoms with E-state index >= 15 is 0 Å². The average molecular weight is 736 g/mol. The molecule has 8 atom stereocenters. The number of aliphatic hydroxyl groups is 3. The van der Waals surface area contributed by atoms with Crippen molar-refractivity contribution in [3.8, 4) is 5.75 Å². The summed E-state index contributed by atoms with van der Waals surface area (Å²) in [5.74, 6) is -2.37. The fourth-order valence-corrected chi connectivity index (χ4v) is 6.64. The average Bonchev–Trinajstić information content (AvgIpc) is 3.10. The summed E-state index contributed by atoms with van der Waals surface area (Å²) in [6, 6.07) is 1.51. The number of hydrogen-bond acceptors (Lipinski definition) is 12. The van der Waals surface area contributed by atoms with Gasteiger partial charge in [-0.15, -0.1) is 0 Å². The maximum atomic E-state index is 13.1. The number of carboxylic acids is 1. The van der Waals surface area contributed by atoms with Gasteiger partial charge in [-0.1, -0.05) is 12.2 Å². The number of amides is 3. The highest BCUT2D eigenvalue weighted by Gasteiger charge is 2.54. The molecular formula is C36H53N3O13. The van der Waals surface area contributed by atoms with Crippen LogP contribution in [-0.2, 0) is 33.3 Å². The maximum absolute atomic E-state index is 13.1. The quantitative estimate of drug-likeness (QED) is 0.201. The fourth-order valence-electron chi connectivity index (χ4n) is 6.64. The van der Waals surface area contributed by atoms with Crippen LogP contribution < -0.4 is 20.7 Å². The smallest absolute Gasteiger partial charge is 0.336 e. The van der Waals surface area contributed by atoms with Crippen LogP contribution in [0.15, 0.2) is 24.3 Å². The van der Waals surface area contributed by atoms with Crippen molar-refractivity contribution < 1.29 is 63.3 Å². The molecule has 4 bridgehead atoms. The number of carbonyl (C=O) groups is 4. The number of ether oxygens (including phenoxy) is 5. The SMILES string of the molecule is CC(=O)N[C@H]1[C@H]2O[C@](C(=O)O)(C/C=C/COC[C@@H](NC(=O)[C@@H]3CCCOC3)COCCCOc3c(C)cc(cc3C)C(=O)NC[C@@H](O)[C@H]2O)C[C@@H]1O. The van der Waals surface area contributed by atoms with Gasteiger partial charge in [-0.3, -0.25) is 14.4 Å². The first-order valence-electron chi connectivity index (χ1n) is 17.7. The number of aliphatic hydroxyl groups excluding tert-OH is 3. The molecule has 52 heavy (non-hydrogen) atoms. The highest BCUT2D eigenvalue weighted by molar-refractivity contribution is 5.95. The van der Waals surface area contributed by atoms with Gasteiger partial charge in [0.1, 0.15) is 18.0 Å². The molecule has 1 aromatic rings. The summed E-state index contributed by atoms with van der Waals surface area (Å²) in [7, 11) is 0. The summed E-state index contributed by atoms with van der Waals surface area (Å²) in [5, 5.41) is 51.6. The second-order valence-corrected chi connectivity index (χ2v) is 13.7. The van der Waals surface area contributed by atoms with E-state index in [1.54, 1.807) is 32.1 Å². The minimum Gasteiger partial charge on any atom is -0.493 e. The van der Waals surface area contributed by atoms with Crippen LogP contribution in [0, 0.1) is 19.8 Å². The summed E-state index contributed by atoms with van der Waals surface area (Å²) in [5.41, 5.74) is -0.364. The number of aliphatic carboxylic acids is 1. The molecule has 4 aliphatic heterocycles. The van der Waals surface area contributed by atoms with Crippen LogP contribution in [0.25, 0.3) is 0 Å². The van der Waals surface area contributed by atoms with Gasteiger partial charge in [0.2, 0.25) is 11.8 Å². The van der Waals surface area contributed by atoms with Crippen LogP contribution >= 0.6 is 0 Å². The number of aryl methyl sites for hydroxylation is 2. The van der Waals surface area contributed by atoms with E-state index in [0.717, 1.165) is 12.8 Å². The molecule has 0 unspecified atom stereocenters. The van der Waals surface area contributed by atoms with Crippen molar-refractivity contribution in [1.82, 2.24) is 16.0 Å². The van der Waals surface area contributed by atoms with Gasteiger partial charge in [-0.25, -0.2) is 4.79 Å². The molecular weight excluding hydrogens is 682 g/mol. The summed E-state index contributed by atoms with van der Waals surface area (Å²) >= 11 is 0. The number of benzene rings is 1. The molecule has 290 valence electrons. The van der Waals surface area contributed by atoms with Gasteiger partial charge in [0.25, 0.3) is 5.91 Å². The van der Waals surface area contributed by atoms with Gasteiger partial charge < -0.3 is 60.1 Å². The molecule has 16 heteroatoms. The lowest BCUT2D eigenvalue weighted by Crippen LogP contribution is -2.67. The first-order chi connectivity index (χ1) is 24.8. The molecule has 0 saturated carbocycles. The Morgan fingerprint density at radius 2 is 1.60 bits per heavy atom. The summed E-state index contributed by atoms with van der Waals surface area (Å²) in [6.07, 6.45) is -2.13. The number of carboxylic acid groups (broad SMARTS) is 1. The number of nitrogens with one attached hydrogen (secondary N) is 3. The van der Waals surface area contributed by atoms with Crippen molar-refractivity contribution in [2.24, 2.45) is 5.92 Å². The normalized spacial score (nSPS) is 32.2. The largest absolute Gasteiger partial charge is 0.493 e. The second-order valence-electron chi connectivity index (χ2n) is 13.7. The number of rotatable bonds is 4. The molecule has 1 aromatic carbocycles. The lowest BCUT2D eigenvalue weighted by molar-refractivity contribution is -0.226. The van der Waals surface area contributed by atoms with Gasteiger partial charge >= 0.3 is 5.97 Å². The Hall–Kier alpha value is -3.64. The van der Waals surface area contributed by atoms with Crippen molar-refractivity contribution in [3.63, 3.8) is 0 Å². The van der Waals surface area contributed by atoms with Gasteiger partial charge in [-0.05, 0) is 49.9 Å². The number of hydrogen-bond donors (Lipinski definition) is 7. The molecule has 2 fully saturated rings. The second kappa shape index (κ2) is 19.4. The zero-order valence-corrected chi connectivity index (χ0v) is 30.0. The predicted molar refractivity (Wildman–Crippen MR) is 185 cm³/mol. The summed E-state index contributed by atoms with van der Waals surface area (Å²) in [4.78, 5) is 50.7. The van der Waals surface area contributed by atoms with E-state index in [-0.39, 0.29) is 43.6 Å². The Morgan fingerprint density at radius 3 is 2.27 bits per heavy atom. The molecule has 16 nitrogen and oxygen atoms in total. The molecule has 0 radical (unpaired) electrons. The van der Waals surface area contributed by atoms with Crippen molar-refractivity contribution >= 4 is 23.7 Å². The zero-order valence-electron chi connectivity index (χ0n) is 30.0. The Labute approximate surface area is 303 Å². The minimum atomic E-state index is -2.04. The van der Waals surface area contributed by atoms with Crippen LogP contribution in [-0.4, -0.2) is 139 Å². The monoisotopic (exact) mass is 735 g/mol. The van der Waals surface area contributed by atoms with E-state index in [9.17, 15) is 39.6 Å². The Bertz CT molecular complexity index is 1390. The maximum Gasteiger partial charge on any atom is 0.336 e. The Kier molecular flexibility index (Phi) is 15.4. The molecule has 4 heterocycles. The first kappa shape index (κ1) is 41.1. The number of fused-ring (bicyclic) bond motifs is 17. The van der Waals surface area contributed by atoms with Gasteiger partial charge in [0.15, 0.2) is 5.60 Å². The third-order valence-corrected chi connectivity index (χ3v) is 9.38. The van der Waals surface area contributed by atoms with Crippen molar-refractivity contribution in [3.05, 3.63) is 41.0 Å². The van der Waals surface area contributed by atoms with Crippen LogP contribution in [0.3, 0.4) is 0 Å². The molecule has 2 saturated heterocycles. The predicted octanol–water partition coefficient (Wildman–Crippen LogP) is -0.0937. The van der Waals surface area contributed by atoms with Crippen LogP contribution in [0.1, 0.15) is 60.5 Å². The van der Waals surface area contributed by atoms with E-state index in [1.807, 2.05) is 0 Å². The van der Waals surface area contributed by atoms with E-state index in [4.69, 9.17) is 23.7 Å². The third kappa shape index (κ3) is 11.2. The molecule has 3 amide bonds. The summed E-state index contributed by atoms with van der Waals surface area (Å²) < 4.78 is 29.1. The van der Waals surface area contributed by atoms with Crippen LogP contribution in [0.4, 0.5) is 0 Å². The lowest BCUT2D eigenvalue weighted by Gasteiger charge is -2.47. The van der Waals surface area contributed by atoms with Crippen LogP contribution in [0.2, 0.25) is 0 Å². The first-order valence-corrected chi connectivity index (χ1v) is 17.7. The fraction of sp³-hybridized carbons (Fsp3) is 0.667. The molecule has 5 rings (SSSR count). The molecule has 0 spiro atoms. The van der Waals surface area contributed by atoms with Gasteiger partial charge in [0, 0.05) is 51.5 Å². The number of carbonyl (C=O) groups excluding carboxylic acids is 3. The highest BCUT2D eigenvalue weighted by atomic mass is 16.6. The standard InChI is InChI=1S/C36H53N3O13/c1-21-14-25-15-22(2)31(21)51-13-7-12-50-20-26(39-34(45)24-8-6-11-48-18-24)19-49-10-5-4-9-36(35(46)47)16-27(41)29(38-23(3)40)32(52-36)30(43)28(42)17-37-33(25)44/h4-5,14-15,24,26-30,32,41-43H,6-13,16-20H2,1-3H3,(H,37,44)(H,38,40)(H,39,45)(H,46,47)/b5-4+/t24-,26-,27+,28-,29-,30-,32-,36-/m1/s1. The zero-order chi connectivity index (χ0) is 37.8. The third-order valence-electron chi connectivity index (χ3n) is 9.38. The van der Waals surface area contributed by atoms with E-state index in [0.29, 0.717) is 49.7 Å². The lowest BCUT2D eigenvalue weighted by atomic mass is 9.81. The van der Waals surface area contributed by atoms with Gasteiger partial charge in [-0.2, -0.15) is 0 Å². The molecule has 0 aliphatic carbocycles. The molecule has 0 aromatic heterocycles. The topological polar surface area (TPSA) is 231 Å². The molecule has 4 aliphatic rings. The van der Waals surface area contributed by atoms with Crippen LogP contribution in [0.5, 0.6) is 5.75 Å². The Morgan fingerprint density at radius 1 is 0.904 bits per heavy atom. The van der Waals surface area contributed by atoms with Crippen molar-refractivity contribution in [2.45, 2.75) is 95.0 Å². The summed E-state index contributed by atoms with van der Waals surface area (Å²) in [6.45, 7) is 6.29. The van der Waals surface area contributed by atoms with E-state index in [2.05, 4.69) is 16.0 Å². The van der Waals surface area contributed by atoms with E-state index < -0.39 is 72.8 Å². The van der Waals surface area contributed by atoms with Crippen molar-refractivity contribution in [1.29, 1.82) is 0 Å². The highest BCUT2D eigenvalue weighted by Crippen LogP contribution is 2.35. The molecule has 7 N–H and O–H groups in total. The van der Waals surface area contributed by atoms with Crippen molar-refractivity contribution in [2.75, 3.05) is 52.8 Å². The minimum absolute atomic E-state index is 0.0430. The van der Waals surface area contributed by atoms with E-state index in [1.165, 1.54) is 13.0 Å².